The number of carbonyl (C=O) groups is 3. The largest absolute Gasteiger partial charge is 0.456 e. The highest BCUT2D eigenvalue weighted by atomic mass is 32.2. The van der Waals surface area contributed by atoms with E-state index in [1.54, 1.807) is 10.4 Å². The minimum Gasteiger partial charge on any atom is -0.456 e. The van der Waals surface area contributed by atoms with Crippen molar-refractivity contribution in [3.63, 3.8) is 0 Å². The molecule has 1 saturated heterocycles. The lowest BCUT2D eigenvalue weighted by Gasteiger charge is -2.48. The Morgan fingerprint density at radius 3 is 1.89 bits per heavy atom. The predicted octanol–water partition coefficient (Wildman–Crippen LogP) is 5.65. The van der Waals surface area contributed by atoms with Crippen molar-refractivity contribution in [1.82, 2.24) is 9.37 Å². The van der Waals surface area contributed by atoms with Crippen LogP contribution >= 0.6 is 0 Å². The van der Waals surface area contributed by atoms with Crippen molar-refractivity contribution in [2.45, 2.75) is 100 Å². The minimum absolute atomic E-state index is 0.0205. The van der Waals surface area contributed by atoms with Crippen LogP contribution in [0.1, 0.15) is 103 Å². The first-order valence-electron chi connectivity index (χ1n) is 19.5. The zero-order chi connectivity index (χ0) is 36.1. The number of anilines is 2. The van der Waals surface area contributed by atoms with Crippen LogP contribution in [0.3, 0.4) is 0 Å². The van der Waals surface area contributed by atoms with E-state index in [4.69, 9.17) is 9.57 Å². The summed E-state index contributed by atoms with van der Waals surface area (Å²) >= 11 is 0. The summed E-state index contributed by atoms with van der Waals surface area (Å²) in [6.45, 7) is 4.34. The van der Waals surface area contributed by atoms with Crippen LogP contribution in [0.5, 0.6) is 11.5 Å². The predicted molar refractivity (Wildman–Crippen MR) is 197 cm³/mol. The number of hydrogen-bond donors (Lipinski definition) is 0. The Bertz CT molecular complexity index is 2120. The summed E-state index contributed by atoms with van der Waals surface area (Å²) < 4.78 is 39.1. The van der Waals surface area contributed by atoms with Gasteiger partial charge in [-0.25, -0.2) is 13.2 Å². The van der Waals surface area contributed by atoms with Gasteiger partial charge in [-0.15, -0.1) is 5.06 Å². The van der Waals surface area contributed by atoms with E-state index in [9.17, 15) is 14.4 Å². The Hall–Kier alpha value is -4.42. The van der Waals surface area contributed by atoms with Crippen LogP contribution in [-0.4, -0.2) is 68.3 Å². The third kappa shape index (κ3) is 4.79. The second-order valence-corrected chi connectivity index (χ2v) is 17.4. The Kier molecular flexibility index (Phi) is 7.70. The van der Waals surface area contributed by atoms with Gasteiger partial charge in [0.2, 0.25) is 10.0 Å². The highest BCUT2D eigenvalue weighted by Gasteiger charge is 2.60. The number of aryl methyl sites for hydroxylation is 2. The molecule has 0 N–H and O–H groups in total. The van der Waals surface area contributed by atoms with Gasteiger partial charge in [-0.05, 0) is 93.5 Å². The molecule has 0 bridgehead atoms. The van der Waals surface area contributed by atoms with Crippen molar-refractivity contribution in [3.05, 3.63) is 75.3 Å². The van der Waals surface area contributed by atoms with Crippen LogP contribution in [0.4, 0.5) is 11.4 Å². The summed E-state index contributed by atoms with van der Waals surface area (Å²) in [5, 5.41) is 0.580. The Morgan fingerprint density at radius 2 is 1.28 bits per heavy atom. The third-order valence-electron chi connectivity index (χ3n) is 12.6. The maximum Gasteiger partial charge on any atom is 0.333 e. The molecule has 10 rings (SSSR count). The van der Waals surface area contributed by atoms with Crippen LogP contribution < -0.4 is 14.5 Å². The molecule has 3 aromatic carbocycles. The Labute approximate surface area is 309 Å². The molecule has 7 heterocycles. The molecule has 0 radical (unpaired) electrons. The number of ether oxygens (including phenoxy) is 1. The summed E-state index contributed by atoms with van der Waals surface area (Å²) in [4.78, 5) is 46.9. The molecule has 0 atom stereocenters. The maximum absolute atomic E-state index is 15.0. The lowest BCUT2D eigenvalue weighted by Crippen LogP contribution is -2.49. The van der Waals surface area contributed by atoms with Gasteiger partial charge in [-0.1, -0.05) is 24.6 Å². The number of hydroxylamine groups is 2. The number of fused-ring (bicyclic) bond motifs is 8. The quantitative estimate of drug-likeness (QED) is 0.224. The molecule has 0 saturated carbocycles. The maximum atomic E-state index is 15.0. The van der Waals surface area contributed by atoms with Crippen LogP contribution in [0.25, 0.3) is 0 Å². The molecule has 1 spiro atoms. The number of nitrogens with zero attached hydrogens (tertiary/aromatic N) is 4. The molecule has 7 aliphatic rings. The van der Waals surface area contributed by atoms with E-state index in [0.717, 1.165) is 106 Å². The van der Waals surface area contributed by atoms with Crippen molar-refractivity contribution in [2.75, 3.05) is 42.5 Å². The lowest BCUT2D eigenvalue weighted by molar-refractivity contribution is -0.197. The second kappa shape index (κ2) is 12.3. The average molecular weight is 737 g/mol. The number of rotatable bonds is 7. The first kappa shape index (κ1) is 33.2. The first-order chi connectivity index (χ1) is 25.8. The van der Waals surface area contributed by atoms with E-state index in [1.807, 2.05) is 18.2 Å². The van der Waals surface area contributed by atoms with E-state index in [0.29, 0.717) is 29.2 Å². The second-order valence-electron chi connectivity index (χ2n) is 15.6. The van der Waals surface area contributed by atoms with Crippen molar-refractivity contribution < 1.29 is 32.4 Å². The lowest BCUT2D eigenvalue weighted by atomic mass is 9.70. The summed E-state index contributed by atoms with van der Waals surface area (Å²) in [5.41, 5.74) is 9.06. The van der Waals surface area contributed by atoms with Crippen molar-refractivity contribution in [1.29, 1.82) is 0 Å². The zero-order valence-corrected chi connectivity index (χ0v) is 30.8. The van der Waals surface area contributed by atoms with E-state index in [-0.39, 0.29) is 25.8 Å². The van der Waals surface area contributed by atoms with Gasteiger partial charge in [0.05, 0.1) is 4.90 Å². The first-order valence-corrected chi connectivity index (χ1v) is 21.0. The van der Waals surface area contributed by atoms with E-state index < -0.39 is 33.3 Å². The highest BCUT2D eigenvalue weighted by molar-refractivity contribution is 7.89. The van der Waals surface area contributed by atoms with Gasteiger partial charge in [0, 0.05) is 91.2 Å². The Morgan fingerprint density at radius 1 is 0.717 bits per heavy atom. The standard InChI is InChI=1S/C41H44N4O7S/c46-34-17-18-35(47)45(34)52-36(48)16-2-1-5-23-44-41(30-14-3-4-15-33(30)53(44,49)50)31-24-26-10-6-19-42-21-8-12-28(37(26)42)39(31)51-40-29-13-9-22-43-20-7-11-27(38(29)43)25-32(40)41/h3-4,14-15,24-25H,1-2,5-13,16-23H2. The summed E-state index contributed by atoms with van der Waals surface area (Å²) in [5.74, 6) is 0.0147. The molecule has 2 amide bonds. The van der Waals surface area contributed by atoms with Gasteiger partial charge in [-0.2, -0.15) is 4.31 Å². The average Bonchev–Trinajstić information content (AvgIpc) is 3.58. The fourth-order valence-electron chi connectivity index (χ4n) is 10.5. The molecular formula is C41H44N4O7S. The molecule has 0 aromatic heterocycles. The molecule has 0 aliphatic carbocycles. The van der Waals surface area contributed by atoms with Crippen LogP contribution in [0.15, 0.2) is 41.3 Å². The van der Waals surface area contributed by atoms with Crippen molar-refractivity contribution >= 4 is 39.2 Å². The normalized spacial score (nSPS) is 21.5. The van der Waals surface area contributed by atoms with Crippen molar-refractivity contribution in [3.8, 4) is 11.5 Å². The number of amides is 2. The van der Waals surface area contributed by atoms with E-state index in [1.165, 1.54) is 33.6 Å². The number of carbonyl (C=O) groups excluding carboxylic acids is 3. The van der Waals surface area contributed by atoms with Crippen LogP contribution in [0, 0.1) is 0 Å². The smallest absolute Gasteiger partial charge is 0.333 e. The van der Waals surface area contributed by atoms with E-state index >= 15 is 8.42 Å². The molecule has 276 valence electrons. The SMILES string of the molecule is O=C(CCCCCN1C2(c3ccccc3S1(=O)=O)c1cc3c4c(c1Oc1c2cc2c5c1CCCN5CCC2)CCCN4CCC3)ON1C(=O)CCC1=O. The fraction of sp³-hybridized carbons (Fsp3) is 0.488. The van der Waals surface area contributed by atoms with Crippen LogP contribution in [0.2, 0.25) is 0 Å². The van der Waals surface area contributed by atoms with E-state index in [2.05, 4.69) is 21.9 Å². The third-order valence-corrected chi connectivity index (χ3v) is 14.5. The Balaban J connectivity index is 1.10. The molecule has 3 aromatic rings. The van der Waals surface area contributed by atoms with Crippen molar-refractivity contribution in [2.24, 2.45) is 0 Å². The number of imide groups is 1. The van der Waals surface area contributed by atoms with Gasteiger partial charge in [-0.3, -0.25) is 9.59 Å². The van der Waals surface area contributed by atoms with Gasteiger partial charge in [0.25, 0.3) is 11.8 Å². The number of unbranched alkanes of at least 4 members (excludes halogenated alkanes) is 2. The molecule has 53 heavy (non-hydrogen) atoms. The monoisotopic (exact) mass is 736 g/mol. The van der Waals surface area contributed by atoms with Gasteiger partial charge in [0.1, 0.15) is 17.0 Å². The summed E-state index contributed by atoms with van der Waals surface area (Å²) in [6.07, 6.45) is 9.44. The van der Waals surface area contributed by atoms with Gasteiger partial charge >= 0.3 is 5.97 Å². The van der Waals surface area contributed by atoms with Gasteiger partial charge < -0.3 is 19.4 Å². The summed E-state index contributed by atoms with van der Waals surface area (Å²) in [6, 6.07) is 12.1. The minimum atomic E-state index is -3.96. The molecule has 0 unspecified atom stereocenters. The number of sulfonamides is 1. The molecule has 1 fully saturated rings. The number of hydrogen-bond acceptors (Lipinski definition) is 9. The summed E-state index contributed by atoms with van der Waals surface area (Å²) in [7, 11) is -3.96. The highest BCUT2D eigenvalue weighted by Crippen LogP contribution is 2.64. The molecule has 12 heteroatoms. The van der Waals surface area contributed by atoms with Crippen LogP contribution in [-0.2, 0) is 60.5 Å². The van der Waals surface area contributed by atoms with Gasteiger partial charge in [0.15, 0.2) is 0 Å². The topological polar surface area (TPSA) is 117 Å². The molecule has 11 nitrogen and oxygen atoms in total. The fourth-order valence-corrected chi connectivity index (χ4v) is 12.5. The zero-order valence-electron chi connectivity index (χ0n) is 30.0. The molecule has 7 aliphatic heterocycles. The number of benzene rings is 3. The molecular weight excluding hydrogens is 693 g/mol.